The second-order valence-electron chi connectivity index (χ2n) is 6.83. The largest absolute Gasteiger partial charge is 0.491 e. The van der Waals surface area contributed by atoms with E-state index in [4.69, 9.17) is 4.74 Å². The highest BCUT2D eigenvalue weighted by atomic mass is 19.1. The molecule has 2 aromatic rings. The maximum absolute atomic E-state index is 13.8. The van der Waals surface area contributed by atoms with E-state index in [-0.39, 0.29) is 30.5 Å². The van der Waals surface area contributed by atoms with Crippen molar-refractivity contribution in [2.75, 3.05) is 6.54 Å². The van der Waals surface area contributed by atoms with Gasteiger partial charge in [0.1, 0.15) is 17.4 Å². The molecule has 2 atom stereocenters. The Balaban J connectivity index is 1.85. The number of hydrogen-bond acceptors (Lipinski definition) is 3. The third kappa shape index (κ3) is 6.32. The van der Waals surface area contributed by atoms with Gasteiger partial charge in [0.2, 0.25) is 5.91 Å². The minimum Gasteiger partial charge on any atom is -0.491 e. The summed E-state index contributed by atoms with van der Waals surface area (Å²) in [5.41, 5.74) is 0.942. The van der Waals surface area contributed by atoms with Gasteiger partial charge in [-0.25, -0.2) is 8.78 Å². The van der Waals surface area contributed by atoms with Crippen molar-refractivity contribution in [3.63, 3.8) is 0 Å². The Morgan fingerprint density at radius 3 is 2.37 bits per heavy atom. The van der Waals surface area contributed by atoms with Crippen molar-refractivity contribution in [1.29, 1.82) is 0 Å². The normalized spacial score (nSPS) is 13.3. The zero-order valence-corrected chi connectivity index (χ0v) is 15.7. The molecular formula is C21H25F2NO3. The molecule has 0 saturated heterocycles. The number of nitrogens with one attached hydrogen (secondary N) is 1. The topological polar surface area (TPSA) is 58.6 Å². The number of rotatable bonds is 8. The number of halogens is 2. The minimum atomic E-state index is -0.861. The molecule has 27 heavy (non-hydrogen) atoms. The highest BCUT2D eigenvalue weighted by Gasteiger charge is 2.17. The molecule has 0 fully saturated rings. The Kier molecular flexibility index (Phi) is 7.30. The van der Waals surface area contributed by atoms with Crippen molar-refractivity contribution in [3.8, 4) is 5.75 Å². The zero-order chi connectivity index (χ0) is 20.0. The first-order chi connectivity index (χ1) is 12.8. The van der Waals surface area contributed by atoms with Gasteiger partial charge in [0, 0.05) is 19.0 Å². The van der Waals surface area contributed by atoms with Crippen LogP contribution < -0.4 is 10.1 Å². The lowest BCUT2D eigenvalue weighted by Crippen LogP contribution is -2.29. The van der Waals surface area contributed by atoms with Crippen LogP contribution in [0.15, 0.2) is 42.5 Å². The Morgan fingerprint density at radius 2 is 1.78 bits per heavy atom. The molecule has 0 radical (unpaired) electrons. The molecule has 2 N–H and O–H groups in total. The first kappa shape index (κ1) is 20.8. The molecule has 0 spiro atoms. The van der Waals surface area contributed by atoms with Gasteiger partial charge in [-0.3, -0.25) is 4.79 Å². The fourth-order valence-corrected chi connectivity index (χ4v) is 2.73. The predicted octanol–water partition coefficient (Wildman–Crippen LogP) is 4.10. The molecular weight excluding hydrogens is 352 g/mol. The van der Waals surface area contributed by atoms with Crippen molar-refractivity contribution < 1.29 is 23.4 Å². The molecule has 6 heteroatoms. The lowest BCUT2D eigenvalue weighted by Gasteiger charge is -2.16. The van der Waals surface area contributed by atoms with Crippen LogP contribution in [-0.2, 0) is 4.79 Å². The van der Waals surface area contributed by atoms with E-state index in [0.29, 0.717) is 11.3 Å². The second-order valence-corrected chi connectivity index (χ2v) is 6.83. The summed E-state index contributed by atoms with van der Waals surface area (Å²) >= 11 is 0. The fourth-order valence-electron chi connectivity index (χ4n) is 2.73. The summed E-state index contributed by atoms with van der Waals surface area (Å²) in [5, 5.41) is 12.9. The number of aliphatic hydroxyl groups excluding tert-OH is 1. The van der Waals surface area contributed by atoms with E-state index in [1.54, 1.807) is 31.2 Å². The third-order valence-corrected chi connectivity index (χ3v) is 4.11. The SMILES string of the molecule is CC(C)Oc1ccc(C(O)CNC(=O)CC(C)c2ccc(F)cc2F)cc1. The summed E-state index contributed by atoms with van der Waals surface area (Å²) in [6.07, 6.45) is -0.760. The van der Waals surface area contributed by atoms with Crippen molar-refractivity contribution in [2.45, 2.75) is 45.3 Å². The van der Waals surface area contributed by atoms with E-state index < -0.39 is 23.7 Å². The standard InChI is InChI=1S/C21H25F2NO3/c1-13(2)27-17-7-4-15(5-8-17)20(25)12-24-21(26)10-14(3)18-9-6-16(22)11-19(18)23/h4-9,11,13-14,20,25H,10,12H2,1-3H3,(H,24,26). The van der Waals surface area contributed by atoms with Crippen LogP contribution in [0.25, 0.3) is 0 Å². The van der Waals surface area contributed by atoms with E-state index in [1.807, 2.05) is 13.8 Å². The van der Waals surface area contributed by atoms with Gasteiger partial charge < -0.3 is 15.2 Å². The number of carbonyl (C=O) groups is 1. The quantitative estimate of drug-likeness (QED) is 0.728. The highest BCUT2D eigenvalue weighted by Crippen LogP contribution is 2.23. The Morgan fingerprint density at radius 1 is 1.11 bits per heavy atom. The van der Waals surface area contributed by atoms with Crippen LogP contribution in [0.5, 0.6) is 5.75 Å². The molecule has 1 amide bonds. The smallest absolute Gasteiger partial charge is 0.220 e. The van der Waals surface area contributed by atoms with Gasteiger partial charge in [0.05, 0.1) is 12.2 Å². The monoisotopic (exact) mass is 377 g/mol. The van der Waals surface area contributed by atoms with E-state index in [9.17, 15) is 18.7 Å². The van der Waals surface area contributed by atoms with Crippen LogP contribution in [0, 0.1) is 11.6 Å². The van der Waals surface area contributed by atoms with Crippen LogP contribution >= 0.6 is 0 Å². The van der Waals surface area contributed by atoms with Crippen molar-refractivity contribution in [1.82, 2.24) is 5.32 Å². The van der Waals surface area contributed by atoms with Crippen molar-refractivity contribution in [2.24, 2.45) is 0 Å². The molecule has 0 aliphatic carbocycles. The molecule has 0 aromatic heterocycles. The maximum atomic E-state index is 13.8. The number of benzene rings is 2. The van der Waals surface area contributed by atoms with Crippen molar-refractivity contribution >= 4 is 5.91 Å². The van der Waals surface area contributed by atoms with Crippen LogP contribution in [0.4, 0.5) is 8.78 Å². The summed E-state index contributed by atoms with van der Waals surface area (Å²) in [6.45, 7) is 5.59. The molecule has 0 heterocycles. The second kappa shape index (κ2) is 9.46. The zero-order valence-electron chi connectivity index (χ0n) is 15.7. The highest BCUT2D eigenvalue weighted by molar-refractivity contribution is 5.76. The van der Waals surface area contributed by atoms with Crippen LogP contribution in [-0.4, -0.2) is 23.7 Å². The minimum absolute atomic E-state index is 0.0381. The van der Waals surface area contributed by atoms with E-state index in [1.165, 1.54) is 12.1 Å². The number of amides is 1. The van der Waals surface area contributed by atoms with E-state index in [2.05, 4.69) is 5.32 Å². The Hall–Kier alpha value is -2.47. The van der Waals surface area contributed by atoms with Gasteiger partial charge in [0.15, 0.2) is 0 Å². The summed E-state index contributed by atoms with van der Waals surface area (Å²) in [7, 11) is 0. The predicted molar refractivity (Wildman–Crippen MR) is 99.6 cm³/mol. The molecule has 0 bridgehead atoms. The molecule has 0 aliphatic rings. The van der Waals surface area contributed by atoms with Gasteiger partial charge in [-0.2, -0.15) is 0 Å². The molecule has 0 aliphatic heterocycles. The Bertz CT molecular complexity index is 763. The van der Waals surface area contributed by atoms with Gasteiger partial charge in [-0.1, -0.05) is 25.1 Å². The maximum Gasteiger partial charge on any atom is 0.220 e. The number of hydrogen-bond donors (Lipinski definition) is 2. The van der Waals surface area contributed by atoms with Gasteiger partial charge in [0.25, 0.3) is 0 Å². The van der Waals surface area contributed by atoms with Crippen LogP contribution in [0.3, 0.4) is 0 Å². The average Bonchev–Trinajstić information content (AvgIpc) is 2.59. The molecule has 2 unspecified atom stereocenters. The van der Waals surface area contributed by atoms with Gasteiger partial charge >= 0.3 is 0 Å². The lowest BCUT2D eigenvalue weighted by atomic mass is 9.97. The van der Waals surface area contributed by atoms with Crippen molar-refractivity contribution in [3.05, 3.63) is 65.2 Å². The third-order valence-electron chi connectivity index (χ3n) is 4.11. The van der Waals surface area contributed by atoms with E-state index >= 15 is 0 Å². The van der Waals surface area contributed by atoms with Crippen LogP contribution in [0.1, 0.15) is 50.3 Å². The lowest BCUT2D eigenvalue weighted by molar-refractivity contribution is -0.121. The number of ether oxygens (including phenoxy) is 1. The van der Waals surface area contributed by atoms with Gasteiger partial charge in [-0.15, -0.1) is 0 Å². The Labute approximate surface area is 158 Å². The summed E-state index contributed by atoms with van der Waals surface area (Å²) in [6, 6.07) is 10.3. The number of carbonyl (C=O) groups excluding carboxylic acids is 1. The van der Waals surface area contributed by atoms with Crippen LogP contribution in [0.2, 0.25) is 0 Å². The first-order valence-corrected chi connectivity index (χ1v) is 8.92. The molecule has 2 aromatic carbocycles. The summed E-state index contributed by atoms with van der Waals surface area (Å²) in [5.74, 6) is -1.33. The fraction of sp³-hybridized carbons (Fsp3) is 0.381. The van der Waals surface area contributed by atoms with Gasteiger partial charge in [-0.05, 0) is 49.1 Å². The number of aliphatic hydroxyl groups is 1. The molecule has 2 rings (SSSR count). The molecule has 4 nitrogen and oxygen atoms in total. The summed E-state index contributed by atoms with van der Waals surface area (Å²) < 4.78 is 32.3. The summed E-state index contributed by atoms with van der Waals surface area (Å²) in [4.78, 5) is 12.1. The average molecular weight is 377 g/mol. The first-order valence-electron chi connectivity index (χ1n) is 8.92. The molecule has 0 saturated carbocycles. The van der Waals surface area contributed by atoms with E-state index in [0.717, 1.165) is 6.07 Å². The molecule has 146 valence electrons.